The van der Waals surface area contributed by atoms with Crippen molar-refractivity contribution in [1.29, 1.82) is 0 Å². The molecule has 0 saturated heterocycles. The smallest absolute Gasteiger partial charge is 0.203 e. The Morgan fingerprint density at radius 1 is 0.778 bits per heavy atom. The van der Waals surface area contributed by atoms with Crippen LogP contribution in [0.25, 0.3) is 0 Å². The van der Waals surface area contributed by atoms with Crippen molar-refractivity contribution in [3.8, 4) is 17.2 Å². The van der Waals surface area contributed by atoms with Crippen LogP contribution in [0, 0.1) is 0 Å². The van der Waals surface area contributed by atoms with Crippen molar-refractivity contribution < 1.29 is 23.7 Å². The number of para-hydroxylation sites is 1. The third-order valence-electron chi connectivity index (χ3n) is 2.24. The molecule has 0 atom stereocenters. The molecule has 0 bridgehead atoms. The van der Waals surface area contributed by atoms with Crippen molar-refractivity contribution in [3.63, 3.8) is 0 Å². The van der Waals surface area contributed by atoms with E-state index in [1.165, 1.54) is 0 Å². The van der Waals surface area contributed by atoms with Gasteiger partial charge < -0.3 is 23.7 Å². The van der Waals surface area contributed by atoms with Gasteiger partial charge in [-0.25, -0.2) is 0 Å². The number of benzene rings is 1. The van der Waals surface area contributed by atoms with Gasteiger partial charge in [-0.1, -0.05) is 6.07 Å². The number of rotatable bonds is 9. The molecule has 5 heteroatoms. The van der Waals surface area contributed by atoms with Crippen LogP contribution in [-0.2, 0) is 9.47 Å². The summed E-state index contributed by atoms with van der Waals surface area (Å²) in [6, 6.07) is 5.51. The second-order valence-electron chi connectivity index (χ2n) is 3.47. The van der Waals surface area contributed by atoms with Gasteiger partial charge in [-0.15, -0.1) is 0 Å². The highest BCUT2D eigenvalue weighted by atomic mass is 16.6. The summed E-state index contributed by atoms with van der Waals surface area (Å²) in [7, 11) is 4.85. The molecule has 0 unspecified atom stereocenters. The molecule has 0 amide bonds. The maximum Gasteiger partial charge on any atom is 0.203 e. The molecule has 0 aliphatic rings. The molecule has 1 aromatic rings. The summed E-state index contributed by atoms with van der Waals surface area (Å²) in [4.78, 5) is 0. The number of ether oxygens (including phenoxy) is 5. The topological polar surface area (TPSA) is 46.2 Å². The maximum atomic E-state index is 5.61. The molecule has 0 spiro atoms. The van der Waals surface area contributed by atoms with Crippen LogP contribution in [0.4, 0.5) is 0 Å². The summed E-state index contributed by atoms with van der Waals surface area (Å²) < 4.78 is 26.3. The molecule has 0 radical (unpaired) electrons. The van der Waals surface area contributed by atoms with E-state index in [-0.39, 0.29) is 0 Å². The van der Waals surface area contributed by atoms with Gasteiger partial charge in [-0.3, -0.25) is 0 Å². The Hall–Kier alpha value is -1.46. The Balaban J connectivity index is 2.72. The summed E-state index contributed by atoms with van der Waals surface area (Å²) in [6.45, 7) is 1.94. The van der Waals surface area contributed by atoms with Crippen LogP contribution in [0.5, 0.6) is 17.2 Å². The molecule has 0 saturated carbocycles. The van der Waals surface area contributed by atoms with Crippen molar-refractivity contribution in [2.24, 2.45) is 0 Å². The summed E-state index contributed by atoms with van der Waals surface area (Å²) in [5.41, 5.74) is 0. The molecule has 1 rings (SSSR count). The molecule has 18 heavy (non-hydrogen) atoms. The number of hydrogen-bond acceptors (Lipinski definition) is 5. The first-order valence-corrected chi connectivity index (χ1v) is 5.74. The van der Waals surface area contributed by atoms with E-state index in [2.05, 4.69) is 0 Å². The SMILES string of the molecule is COCCOc1cccc(OC)c1OCCOC. The van der Waals surface area contributed by atoms with Crippen LogP contribution in [0.15, 0.2) is 18.2 Å². The molecule has 102 valence electrons. The Kier molecular flexibility index (Phi) is 6.98. The zero-order valence-corrected chi connectivity index (χ0v) is 11.1. The monoisotopic (exact) mass is 256 g/mol. The first-order valence-electron chi connectivity index (χ1n) is 5.74. The second kappa shape index (κ2) is 8.60. The van der Waals surface area contributed by atoms with Crippen LogP contribution in [0.2, 0.25) is 0 Å². The molecule has 1 aromatic carbocycles. The summed E-state index contributed by atoms with van der Waals surface area (Å²) >= 11 is 0. The minimum atomic E-state index is 0.442. The van der Waals surface area contributed by atoms with E-state index < -0.39 is 0 Å². The van der Waals surface area contributed by atoms with Gasteiger partial charge in [0.1, 0.15) is 13.2 Å². The highest BCUT2D eigenvalue weighted by Crippen LogP contribution is 2.36. The Labute approximate surface area is 108 Å². The molecule has 0 aromatic heterocycles. The second-order valence-corrected chi connectivity index (χ2v) is 3.47. The van der Waals surface area contributed by atoms with Gasteiger partial charge in [0.05, 0.1) is 20.3 Å². The summed E-state index contributed by atoms with van der Waals surface area (Å²) in [6.07, 6.45) is 0. The van der Waals surface area contributed by atoms with E-state index in [9.17, 15) is 0 Å². The lowest BCUT2D eigenvalue weighted by Crippen LogP contribution is -2.09. The molecule has 0 aliphatic carbocycles. The van der Waals surface area contributed by atoms with Gasteiger partial charge in [-0.2, -0.15) is 0 Å². The highest BCUT2D eigenvalue weighted by molar-refractivity contribution is 5.51. The molecule has 0 fully saturated rings. The first-order chi connectivity index (χ1) is 8.83. The average Bonchev–Trinajstić information content (AvgIpc) is 2.40. The normalized spacial score (nSPS) is 10.2. The van der Waals surface area contributed by atoms with E-state index in [0.717, 1.165) is 0 Å². The van der Waals surface area contributed by atoms with Gasteiger partial charge in [0.2, 0.25) is 5.75 Å². The van der Waals surface area contributed by atoms with Crippen LogP contribution in [0.1, 0.15) is 0 Å². The zero-order valence-electron chi connectivity index (χ0n) is 11.1. The quantitative estimate of drug-likeness (QED) is 0.630. The Morgan fingerprint density at radius 3 is 2.00 bits per heavy atom. The van der Waals surface area contributed by atoms with E-state index in [4.69, 9.17) is 23.7 Å². The molecular formula is C13H20O5. The minimum absolute atomic E-state index is 0.442. The van der Waals surface area contributed by atoms with Crippen LogP contribution in [-0.4, -0.2) is 47.8 Å². The standard InChI is InChI=1S/C13H20O5/c1-14-7-9-17-12-6-4-5-11(16-3)13(12)18-10-8-15-2/h4-6H,7-10H2,1-3H3. The minimum Gasteiger partial charge on any atom is -0.493 e. The lowest BCUT2D eigenvalue weighted by atomic mass is 10.3. The number of hydrogen-bond donors (Lipinski definition) is 0. The lowest BCUT2D eigenvalue weighted by Gasteiger charge is -2.15. The van der Waals surface area contributed by atoms with Crippen molar-refractivity contribution >= 4 is 0 Å². The lowest BCUT2D eigenvalue weighted by molar-refractivity contribution is 0.130. The van der Waals surface area contributed by atoms with E-state index in [1.54, 1.807) is 21.3 Å². The van der Waals surface area contributed by atoms with Gasteiger partial charge in [0, 0.05) is 14.2 Å². The van der Waals surface area contributed by atoms with Gasteiger partial charge >= 0.3 is 0 Å². The van der Waals surface area contributed by atoms with Crippen LogP contribution >= 0.6 is 0 Å². The van der Waals surface area contributed by atoms with Crippen molar-refractivity contribution in [1.82, 2.24) is 0 Å². The fraction of sp³-hybridized carbons (Fsp3) is 0.538. The van der Waals surface area contributed by atoms with Crippen LogP contribution in [0.3, 0.4) is 0 Å². The van der Waals surface area contributed by atoms with E-state index in [1.807, 2.05) is 18.2 Å². The molecule has 0 N–H and O–H groups in total. The molecule has 0 aliphatic heterocycles. The molecule has 0 heterocycles. The van der Waals surface area contributed by atoms with E-state index in [0.29, 0.717) is 43.7 Å². The summed E-state index contributed by atoms with van der Waals surface area (Å²) in [5.74, 6) is 1.87. The van der Waals surface area contributed by atoms with Crippen molar-refractivity contribution in [2.75, 3.05) is 47.8 Å². The van der Waals surface area contributed by atoms with E-state index >= 15 is 0 Å². The fourth-order valence-corrected chi connectivity index (χ4v) is 1.37. The third kappa shape index (κ3) is 4.43. The Bertz CT molecular complexity index is 340. The first kappa shape index (κ1) is 14.6. The predicted octanol–water partition coefficient (Wildman–Crippen LogP) is 1.75. The largest absolute Gasteiger partial charge is 0.493 e. The Morgan fingerprint density at radius 2 is 1.39 bits per heavy atom. The molecular weight excluding hydrogens is 236 g/mol. The highest BCUT2D eigenvalue weighted by Gasteiger charge is 2.11. The fourth-order valence-electron chi connectivity index (χ4n) is 1.37. The predicted molar refractivity (Wildman–Crippen MR) is 67.7 cm³/mol. The van der Waals surface area contributed by atoms with Gasteiger partial charge in [0.25, 0.3) is 0 Å². The van der Waals surface area contributed by atoms with Crippen molar-refractivity contribution in [3.05, 3.63) is 18.2 Å². The zero-order chi connectivity index (χ0) is 13.2. The number of methoxy groups -OCH3 is 3. The maximum absolute atomic E-state index is 5.61. The van der Waals surface area contributed by atoms with Gasteiger partial charge in [-0.05, 0) is 12.1 Å². The summed E-state index contributed by atoms with van der Waals surface area (Å²) in [5, 5.41) is 0. The van der Waals surface area contributed by atoms with Crippen LogP contribution < -0.4 is 14.2 Å². The van der Waals surface area contributed by atoms with Gasteiger partial charge in [0.15, 0.2) is 11.5 Å². The van der Waals surface area contributed by atoms with Crippen molar-refractivity contribution in [2.45, 2.75) is 0 Å². The average molecular weight is 256 g/mol. The molecule has 5 nitrogen and oxygen atoms in total. The third-order valence-corrected chi connectivity index (χ3v) is 2.24.